The summed E-state index contributed by atoms with van der Waals surface area (Å²) in [5, 5.41) is 21.3. The Hall–Kier alpha value is -5.71. The van der Waals surface area contributed by atoms with E-state index in [0.29, 0.717) is 40.3 Å². The third kappa shape index (κ3) is 7.80. The van der Waals surface area contributed by atoms with Gasteiger partial charge in [0.1, 0.15) is 24.1 Å². The lowest BCUT2D eigenvalue weighted by Gasteiger charge is -2.18. The van der Waals surface area contributed by atoms with Crippen LogP contribution in [0.3, 0.4) is 0 Å². The summed E-state index contributed by atoms with van der Waals surface area (Å²) < 4.78 is 47.7. The fraction of sp³-hybridized carbons (Fsp3) is 0.229. The highest BCUT2D eigenvalue weighted by Gasteiger charge is 2.23. The number of aromatic nitrogens is 3. The second-order valence-corrected chi connectivity index (χ2v) is 10.7. The molecule has 1 amide bonds. The molecule has 48 heavy (non-hydrogen) atoms. The van der Waals surface area contributed by atoms with Crippen molar-refractivity contribution < 1.29 is 37.7 Å². The van der Waals surface area contributed by atoms with Crippen LogP contribution < -0.4 is 10.1 Å². The predicted molar refractivity (Wildman–Crippen MR) is 170 cm³/mol. The average molecular weight is 656 g/mol. The average Bonchev–Trinajstić information content (AvgIpc) is 3.43. The lowest BCUT2D eigenvalue weighted by Crippen LogP contribution is -2.40. The molecule has 0 saturated heterocycles. The van der Waals surface area contributed by atoms with Crippen molar-refractivity contribution in [3.05, 3.63) is 113 Å². The lowest BCUT2D eigenvalue weighted by atomic mass is 10.1. The van der Waals surface area contributed by atoms with Crippen LogP contribution in [0.4, 0.5) is 8.78 Å². The van der Waals surface area contributed by atoms with Crippen molar-refractivity contribution in [2.75, 3.05) is 27.4 Å². The van der Waals surface area contributed by atoms with Crippen LogP contribution in [-0.4, -0.2) is 65.0 Å². The highest BCUT2D eigenvalue weighted by molar-refractivity contribution is 5.92. The van der Waals surface area contributed by atoms with Gasteiger partial charge in [0.05, 0.1) is 47.1 Å². The molecule has 0 unspecified atom stereocenters. The largest absolute Gasteiger partial charge is 0.478 e. The molecule has 0 saturated carbocycles. The smallest absolute Gasteiger partial charge is 0.335 e. The second kappa shape index (κ2) is 15.3. The number of hydrogen-bond acceptors (Lipinski definition) is 8. The van der Waals surface area contributed by atoms with Crippen molar-refractivity contribution in [1.29, 1.82) is 5.26 Å². The zero-order chi connectivity index (χ0) is 34.2. The Morgan fingerprint density at radius 3 is 2.50 bits per heavy atom. The summed E-state index contributed by atoms with van der Waals surface area (Å²) in [6.45, 7) is 0.457. The van der Waals surface area contributed by atoms with Gasteiger partial charge in [0.15, 0.2) is 6.10 Å². The number of fused-ring (bicyclic) bond motifs is 1. The quantitative estimate of drug-likeness (QED) is 0.160. The standard InChI is InChI=1S/C35H31F2N5O6/c1-46-13-12-39-34(43)31(47-2)19-42-30-16-24(35(44)45)10-11-29(30)40-32(42)17-22-8-9-23(15-27(22)37)28-4-3-5-33(41-28)48-20-25-7-6-21(18-38)14-26(25)36/h3-11,14-16,31H,12-13,17,19-20H2,1-2H3,(H,39,43)(H,44,45)/t31-/m0/s1. The van der Waals surface area contributed by atoms with Crippen LogP contribution in [-0.2, 0) is 33.8 Å². The van der Waals surface area contributed by atoms with Gasteiger partial charge in [-0.1, -0.05) is 24.3 Å². The van der Waals surface area contributed by atoms with E-state index in [1.54, 1.807) is 41.0 Å². The number of benzene rings is 3. The third-order valence-corrected chi connectivity index (χ3v) is 7.58. The number of aromatic carboxylic acids is 1. The molecule has 0 spiro atoms. The lowest BCUT2D eigenvalue weighted by molar-refractivity contribution is -0.131. The summed E-state index contributed by atoms with van der Waals surface area (Å²) in [5.41, 5.74) is 2.62. The number of ether oxygens (including phenoxy) is 3. The molecule has 2 heterocycles. The highest BCUT2D eigenvalue weighted by Crippen LogP contribution is 2.26. The number of carbonyl (C=O) groups excluding carboxylic acids is 1. The minimum Gasteiger partial charge on any atom is -0.478 e. The number of imidazole rings is 1. The van der Waals surface area contributed by atoms with Crippen LogP contribution in [0.2, 0.25) is 0 Å². The molecule has 0 aliphatic carbocycles. The topological polar surface area (TPSA) is 149 Å². The number of amides is 1. The van der Waals surface area contributed by atoms with E-state index in [1.807, 2.05) is 6.07 Å². The number of nitrogens with zero attached hydrogens (tertiary/aromatic N) is 4. The minimum atomic E-state index is -1.13. The number of hydrogen-bond donors (Lipinski definition) is 2. The first-order chi connectivity index (χ1) is 23.2. The van der Waals surface area contributed by atoms with Gasteiger partial charge in [-0.25, -0.2) is 23.5 Å². The molecule has 246 valence electrons. The first-order valence-corrected chi connectivity index (χ1v) is 14.8. The summed E-state index contributed by atoms with van der Waals surface area (Å²) in [6, 6.07) is 20.0. The number of carboxylic acid groups (broad SMARTS) is 1. The molecular weight excluding hydrogens is 624 g/mol. The highest BCUT2D eigenvalue weighted by atomic mass is 19.1. The maximum Gasteiger partial charge on any atom is 0.335 e. The Morgan fingerprint density at radius 1 is 1.00 bits per heavy atom. The third-order valence-electron chi connectivity index (χ3n) is 7.58. The van der Waals surface area contributed by atoms with E-state index in [-0.39, 0.29) is 48.7 Å². The van der Waals surface area contributed by atoms with Gasteiger partial charge in [0.2, 0.25) is 5.88 Å². The van der Waals surface area contributed by atoms with E-state index in [0.717, 1.165) is 6.07 Å². The van der Waals surface area contributed by atoms with E-state index >= 15 is 4.39 Å². The van der Waals surface area contributed by atoms with E-state index < -0.39 is 29.6 Å². The van der Waals surface area contributed by atoms with E-state index in [4.69, 9.17) is 19.5 Å². The first kappa shape index (κ1) is 33.6. The van der Waals surface area contributed by atoms with Crippen molar-refractivity contribution in [3.8, 4) is 23.2 Å². The van der Waals surface area contributed by atoms with Crippen LogP contribution in [0.25, 0.3) is 22.3 Å². The van der Waals surface area contributed by atoms with Gasteiger partial charge < -0.3 is 29.2 Å². The SMILES string of the molecule is COCCNC(=O)[C@H](Cn1c(Cc2ccc(-c3cccc(OCc4ccc(C#N)cc4F)n3)cc2F)nc2ccc(C(=O)O)cc21)OC. The molecule has 11 nitrogen and oxygen atoms in total. The summed E-state index contributed by atoms with van der Waals surface area (Å²) >= 11 is 0. The van der Waals surface area contributed by atoms with Gasteiger partial charge in [-0.3, -0.25) is 4.79 Å². The van der Waals surface area contributed by atoms with Crippen LogP contribution in [0.15, 0.2) is 72.8 Å². The molecule has 0 aliphatic rings. The van der Waals surface area contributed by atoms with Crippen LogP contribution in [0.1, 0.15) is 32.9 Å². The molecule has 5 aromatic rings. The van der Waals surface area contributed by atoms with Crippen molar-refractivity contribution in [2.45, 2.75) is 25.7 Å². The molecule has 2 aromatic heterocycles. The minimum absolute atomic E-state index is 0.00694. The second-order valence-electron chi connectivity index (χ2n) is 10.7. The number of nitriles is 1. The molecule has 0 radical (unpaired) electrons. The maximum absolute atomic E-state index is 15.6. The molecule has 0 bridgehead atoms. The Kier molecular flexibility index (Phi) is 10.7. The molecule has 0 fully saturated rings. The number of pyridine rings is 1. The number of methoxy groups -OCH3 is 2. The van der Waals surface area contributed by atoms with E-state index in [2.05, 4.69) is 15.3 Å². The number of carbonyl (C=O) groups is 2. The predicted octanol–water partition coefficient (Wildman–Crippen LogP) is 4.89. The van der Waals surface area contributed by atoms with Crippen molar-refractivity contribution in [3.63, 3.8) is 0 Å². The van der Waals surface area contributed by atoms with Gasteiger partial charge in [-0.05, 0) is 48.0 Å². The summed E-state index contributed by atoms with van der Waals surface area (Å²) in [4.78, 5) is 33.6. The van der Waals surface area contributed by atoms with Gasteiger partial charge in [-0.2, -0.15) is 5.26 Å². The van der Waals surface area contributed by atoms with E-state index in [9.17, 15) is 19.1 Å². The van der Waals surface area contributed by atoms with Crippen LogP contribution in [0, 0.1) is 23.0 Å². The van der Waals surface area contributed by atoms with Crippen molar-refractivity contribution in [1.82, 2.24) is 19.9 Å². The molecule has 13 heteroatoms. The van der Waals surface area contributed by atoms with Gasteiger partial charge in [-0.15, -0.1) is 0 Å². The molecule has 3 aromatic carbocycles. The Balaban J connectivity index is 1.39. The monoisotopic (exact) mass is 655 g/mol. The zero-order valence-electron chi connectivity index (χ0n) is 26.1. The zero-order valence-corrected chi connectivity index (χ0v) is 26.1. The van der Waals surface area contributed by atoms with Gasteiger partial charge in [0.25, 0.3) is 5.91 Å². The van der Waals surface area contributed by atoms with Gasteiger partial charge in [0, 0.05) is 44.4 Å². The molecule has 2 N–H and O–H groups in total. The number of halogens is 2. The van der Waals surface area contributed by atoms with Crippen LogP contribution >= 0.6 is 0 Å². The number of rotatable bonds is 14. The van der Waals surface area contributed by atoms with Crippen molar-refractivity contribution in [2.24, 2.45) is 0 Å². The maximum atomic E-state index is 15.6. The fourth-order valence-electron chi connectivity index (χ4n) is 5.03. The summed E-state index contributed by atoms with van der Waals surface area (Å²) in [6.07, 6.45) is -0.926. The Morgan fingerprint density at radius 2 is 1.79 bits per heavy atom. The summed E-state index contributed by atoms with van der Waals surface area (Å²) in [7, 11) is 2.90. The van der Waals surface area contributed by atoms with Gasteiger partial charge >= 0.3 is 5.97 Å². The first-order valence-electron chi connectivity index (χ1n) is 14.8. The fourth-order valence-corrected chi connectivity index (χ4v) is 5.03. The van der Waals surface area contributed by atoms with Crippen LogP contribution in [0.5, 0.6) is 5.88 Å². The molecular formula is C35H31F2N5O6. The molecule has 5 rings (SSSR count). The number of carboxylic acids is 1. The van der Waals surface area contributed by atoms with E-state index in [1.165, 1.54) is 44.6 Å². The molecule has 1 atom stereocenters. The summed E-state index contributed by atoms with van der Waals surface area (Å²) in [5.74, 6) is -2.03. The Labute approximate surface area is 274 Å². The normalized spacial score (nSPS) is 11.6. The Bertz CT molecular complexity index is 2010. The number of nitrogens with one attached hydrogen (secondary N) is 1. The van der Waals surface area contributed by atoms with Crippen molar-refractivity contribution >= 4 is 22.9 Å². The molecule has 0 aliphatic heterocycles.